The summed E-state index contributed by atoms with van der Waals surface area (Å²) < 4.78 is 40.0. The number of fused-ring (bicyclic) bond motifs is 1. The number of nitrogens with zero attached hydrogens (tertiary/aromatic N) is 4. The molecule has 0 aromatic carbocycles. The van der Waals surface area contributed by atoms with E-state index in [9.17, 15) is 23.2 Å². The number of pyridine rings is 1. The van der Waals surface area contributed by atoms with E-state index in [1.165, 1.54) is 10.7 Å². The lowest BCUT2D eigenvalue weighted by molar-refractivity contribution is -0.590. The number of nitrogens with one attached hydrogen (secondary N) is 2. The van der Waals surface area contributed by atoms with Crippen molar-refractivity contribution in [3.8, 4) is 0 Å². The summed E-state index contributed by atoms with van der Waals surface area (Å²) in [5.74, 6) is -0.677. The van der Waals surface area contributed by atoms with E-state index in [4.69, 9.17) is 11.6 Å². The topological polar surface area (TPSA) is 98.3 Å². The highest BCUT2D eigenvalue weighted by Gasteiger charge is 2.32. The minimum absolute atomic E-state index is 0.102. The average Bonchev–Trinajstić information content (AvgIpc) is 2.95. The number of carbonyl (C=O) groups excluding carboxylic acids is 1. The number of halogens is 4. The molecule has 0 unspecified atom stereocenters. The van der Waals surface area contributed by atoms with Crippen molar-refractivity contribution in [3.05, 3.63) is 52.2 Å². The maximum atomic E-state index is 12.8. The van der Waals surface area contributed by atoms with E-state index in [0.717, 1.165) is 0 Å². The third-order valence-corrected chi connectivity index (χ3v) is 3.96. The number of amides is 2. The number of hydrogen-bond donors (Lipinski definition) is 2. The molecule has 0 atom stereocenters. The fourth-order valence-electron chi connectivity index (χ4n) is 2.60. The van der Waals surface area contributed by atoms with E-state index in [1.807, 2.05) is 13.8 Å². The molecule has 0 bridgehead atoms. The van der Waals surface area contributed by atoms with Crippen LogP contribution in [0.3, 0.4) is 0 Å². The molecule has 2 amide bonds. The first-order valence-corrected chi connectivity index (χ1v) is 8.36. The first kappa shape index (κ1) is 19.7. The van der Waals surface area contributed by atoms with Crippen LogP contribution in [0.25, 0.3) is 5.65 Å². The number of anilines is 2. The van der Waals surface area contributed by atoms with Crippen molar-refractivity contribution in [1.82, 2.24) is 14.6 Å². The van der Waals surface area contributed by atoms with Gasteiger partial charge in [-0.2, -0.15) is 23.6 Å². The van der Waals surface area contributed by atoms with Crippen LogP contribution < -0.4 is 15.4 Å². The summed E-state index contributed by atoms with van der Waals surface area (Å²) in [6.45, 7) is 3.71. The summed E-state index contributed by atoms with van der Waals surface area (Å²) >= 11 is 5.89. The Labute approximate surface area is 161 Å². The summed E-state index contributed by atoms with van der Waals surface area (Å²) in [6.07, 6.45) is -2.61. The van der Waals surface area contributed by atoms with Crippen molar-refractivity contribution in [2.45, 2.75) is 25.9 Å². The second-order valence-corrected chi connectivity index (χ2v) is 6.54. The third kappa shape index (κ3) is 3.93. The van der Waals surface area contributed by atoms with E-state index < -0.39 is 23.6 Å². The molecule has 8 nitrogen and oxygen atoms in total. The fourth-order valence-corrected chi connectivity index (χ4v) is 2.77. The monoisotopic (exact) mass is 414 g/mol. The Morgan fingerprint density at radius 1 is 1.32 bits per heavy atom. The van der Waals surface area contributed by atoms with Crippen LogP contribution >= 0.6 is 11.6 Å². The number of carbonyl (C=O) groups is 1. The van der Waals surface area contributed by atoms with Crippen molar-refractivity contribution < 1.29 is 22.7 Å². The van der Waals surface area contributed by atoms with Gasteiger partial charge in [0.1, 0.15) is 0 Å². The van der Waals surface area contributed by atoms with Crippen LogP contribution in [0.5, 0.6) is 0 Å². The molecular formula is C16H14ClF3N6O2. The Morgan fingerprint density at radius 3 is 2.68 bits per heavy atom. The van der Waals surface area contributed by atoms with Gasteiger partial charge >= 0.3 is 12.2 Å². The van der Waals surface area contributed by atoms with E-state index >= 15 is 0 Å². The largest absolute Gasteiger partial charge is 0.711 e. The van der Waals surface area contributed by atoms with Crippen molar-refractivity contribution >= 4 is 34.8 Å². The molecule has 0 spiro atoms. The predicted molar refractivity (Wildman–Crippen MR) is 95.1 cm³/mol. The van der Waals surface area contributed by atoms with Gasteiger partial charge < -0.3 is 5.21 Å². The number of rotatable bonds is 3. The van der Waals surface area contributed by atoms with Gasteiger partial charge in [-0.25, -0.2) is 19.0 Å². The van der Waals surface area contributed by atoms with Crippen LogP contribution in [0, 0.1) is 5.21 Å². The number of alkyl halides is 3. The molecule has 2 N–H and O–H groups in total. The lowest BCUT2D eigenvalue weighted by Gasteiger charge is -2.15. The van der Waals surface area contributed by atoms with E-state index in [-0.39, 0.29) is 21.5 Å². The fraction of sp³-hybridized carbons (Fsp3) is 0.250. The van der Waals surface area contributed by atoms with Gasteiger partial charge in [0.05, 0.1) is 29.3 Å². The zero-order valence-corrected chi connectivity index (χ0v) is 15.3. The Morgan fingerprint density at radius 2 is 2.04 bits per heavy atom. The average molecular weight is 415 g/mol. The van der Waals surface area contributed by atoms with Crippen LogP contribution in [0.2, 0.25) is 5.15 Å². The summed E-state index contributed by atoms with van der Waals surface area (Å²) in [7, 11) is 0. The molecule has 0 radical (unpaired) electrons. The Bertz CT molecular complexity index is 1050. The molecule has 3 heterocycles. The van der Waals surface area contributed by atoms with Crippen LogP contribution in [0.1, 0.15) is 31.0 Å². The van der Waals surface area contributed by atoms with Crippen LogP contribution in [0.15, 0.2) is 30.6 Å². The Kier molecular flexibility index (Phi) is 5.02. The van der Waals surface area contributed by atoms with Gasteiger partial charge in [-0.15, -0.1) is 0 Å². The smallest absolute Gasteiger partial charge is 0.416 e. The minimum Gasteiger partial charge on any atom is -0.711 e. The van der Waals surface area contributed by atoms with Crippen molar-refractivity contribution in [2.24, 2.45) is 0 Å². The summed E-state index contributed by atoms with van der Waals surface area (Å²) in [5.41, 5.74) is 0.247. The zero-order valence-electron chi connectivity index (χ0n) is 14.6. The Balaban J connectivity index is 1.89. The van der Waals surface area contributed by atoms with Crippen molar-refractivity contribution in [3.63, 3.8) is 0 Å². The molecule has 12 heteroatoms. The third-order valence-electron chi connectivity index (χ3n) is 3.77. The first-order valence-electron chi connectivity index (χ1n) is 7.99. The van der Waals surface area contributed by atoms with Gasteiger partial charge in [-0.1, -0.05) is 25.4 Å². The number of aromatic nitrogens is 4. The van der Waals surface area contributed by atoms with E-state index in [1.54, 1.807) is 6.07 Å². The molecule has 0 aliphatic carbocycles. The van der Waals surface area contributed by atoms with Gasteiger partial charge in [-0.3, -0.25) is 5.32 Å². The molecule has 3 aromatic heterocycles. The SMILES string of the molecule is CC(C)c1c(NC(=O)Nc2cc(C(F)(F)F)cc[n+]2[O-])cnc2cc(Cl)nn12. The zero-order chi connectivity index (χ0) is 20.6. The maximum absolute atomic E-state index is 12.8. The highest BCUT2D eigenvalue weighted by atomic mass is 35.5. The molecule has 3 rings (SSSR count). The van der Waals surface area contributed by atoms with Crippen LogP contribution in [-0.2, 0) is 6.18 Å². The van der Waals surface area contributed by atoms with Gasteiger partial charge in [0.15, 0.2) is 10.8 Å². The van der Waals surface area contributed by atoms with Gasteiger partial charge in [-0.05, 0) is 12.0 Å². The molecule has 0 aliphatic heterocycles. The Hall–Kier alpha value is -3.08. The summed E-state index contributed by atoms with van der Waals surface area (Å²) in [4.78, 5) is 16.4. The van der Waals surface area contributed by atoms with Crippen LogP contribution in [-0.4, -0.2) is 20.6 Å². The first-order chi connectivity index (χ1) is 13.1. The molecule has 0 fully saturated rings. The van der Waals surface area contributed by atoms with E-state index in [2.05, 4.69) is 20.7 Å². The highest BCUT2D eigenvalue weighted by molar-refractivity contribution is 6.29. The molecule has 3 aromatic rings. The lowest BCUT2D eigenvalue weighted by Crippen LogP contribution is -2.34. The standard InChI is InChI=1S/C16H14ClF3N6O2/c1-8(2)14-10(7-21-12-6-11(17)24-26(12)14)22-15(27)23-13-5-9(16(18,19)20)3-4-25(13)28/h3-8H,1-2H3,(H2,22,23,27). The van der Waals surface area contributed by atoms with E-state index in [0.29, 0.717) is 29.7 Å². The quantitative estimate of drug-likeness (QED) is 0.503. The van der Waals surface area contributed by atoms with Gasteiger partial charge in [0.25, 0.3) is 5.82 Å². The predicted octanol–water partition coefficient (Wildman–Crippen LogP) is 3.80. The second kappa shape index (κ2) is 7.15. The van der Waals surface area contributed by atoms with Gasteiger partial charge in [0, 0.05) is 12.1 Å². The molecular weight excluding hydrogens is 401 g/mol. The van der Waals surface area contributed by atoms with Crippen molar-refractivity contribution in [2.75, 3.05) is 10.6 Å². The van der Waals surface area contributed by atoms with Crippen LogP contribution in [0.4, 0.5) is 29.5 Å². The number of hydrogen-bond acceptors (Lipinski definition) is 4. The number of urea groups is 1. The minimum atomic E-state index is -4.65. The lowest BCUT2D eigenvalue weighted by atomic mass is 10.1. The van der Waals surface area contributed by atoms with Crippen molar-refractivity contribution in [1.29, 1.82) is 0 Å². The molecule has 0 saturated carbocycles. The summed E-state index contributed by atoms with van der Waals surface area (Å²) in [5, 5.41) is 20.6. The molecule has 28 heavy (non-hydrogen) atoms. The van der Waals surface area contributed by atoms with Gasteiger partial charge in [0.2, 0.25) is 0 Å². The normalized spacial score (nSPS) is 11.8. The molecule has 0 aliphatic rings. The molecule has 0 saturated heterocycles. The highest BCUT2D eigenvalue weighted by Crippen LogP contribution is 2.30. The maximum Gasteiger partial charge on any atom is 0.416 e. The molecule has 148 valence electrons. The summed E-state index contributed by atoms with van der Waals surface area (Å²) in [6, 6.07) is 1.79. The second-order valence-electron chi connectivity index (χ2n) is 6.15.